The largest absolute Gasteiger partial charge is 0.386 e. The summed E-state index contributed by atoms with van der Waals surface area (Å²) < 4.78 is 1.80. The first-order valence-electron chi connectivity index (χ1n) is 5.57. The zero-order valence-electron chi connectivity index (χ0n) is 9.97. The molecule has 0 unspecified atom stereocenters. The van der Waals surface area contributed by atoms with Gasteiger partial charge < -0.3 is 14.6 Å². The second-order valence-corrected chi connectivity index (χ2v) is 4.92. The van der Waals surface area contributed by atoms with Crippen molar-refractivity contribution in [1.82, 2.24) is 9.47 Å². The minimum Gasteiger partial charge on any atom is -0.386 e. The van der Waals surface area contributed by atoms with E-state index in [0.29, 0.717) is 18.8 Å². The molecule has 1 N–H and O–H groups in total. The van der Waals surface area contributed by atoms with E-state index in [0.717, 1.165) is 0 Å². The first-order chi connectivity index (χ1) is 7.44. The van der Waals surface area contributed by atoms with Crippen molar-refractivity contribution in [2.24, 2.45) is 13.0 Å². The predicted molar refractivity (Wildman–Crippen MR) is 61.1 cm³/mol. The molecule has 1 aromatic rings. The summed E-state index contributed by atoms with van der Waals surface area (Å²) in [6.07, 6.45) is 1.85. The fraction of sp³-hybridized carbons (Fsp3) is 0.583. The van der Waals surface area contributed by atoms with Gasteiger partial charge in [-0.15, -0.1) is 0 Å². The van der Waals surface area contributed by atoms with Gasteiger partial charge in [-0.05, 0) is 18.1 Å². The molecule has 0 atom stereocenters. The monoisotopic (exact) mass is 222 g/mol. The van der Waals surface area contributed by atoms with Gasteiger partial charge in [0.1, 0.15) is 11.3 Å². The number of carbonyl (C=O) groups is 1. The Kier molecular flexibility index (Phi) is 2.54. The molecular weight excluding hydrogens is 204 g/mol. The fourth-order valence-electron chi connectivity index (χ4n) is 1.97. The number of carbonyl (C=O) groups excluding carboxylic acids is 1. The van der Waals surface area contributed by atoms with Crippen molar-refractivity contribution >= 4 is 5.91 Å². The molecule has 16 heavy (non-hydrogen) atoms. The van der Waals surface area contributed by atoms with E-state index >= 15 is 0 Å². The molecule has 1 aliphatic heterocycles. The van der Waals surface area contributed by atoms with Gasteiger partial charge in [-0.3, -0.25) is 4.79 Å². The lowest BCUT2D eigenvalue weighted by Crippen LogP contribution is -2.66. The van der Waals surface area contributed by atoms with Crippen LogP contribution in [0.1, 0.15) is 24.3 Å². The van der Waals surface area contributed by atoms with Crippen LogP contribution in [0.25, 0.3) is 0 Å². The topological polar surface area (TPSA) is 45.5 Å². The van der Waals surface area contributed by atoms with Crippen LogP contribution in [0.2, 0.25) is 0 Å². The Hall–Kier alpha value is -1.29. The number of likely N-dealkylation sites (tertiary alicyclic amines) is 1. The van der Waals surface area contributed by atoms with E-state index in [1.54, 1.807) is 15.5 Å². The molecular formula is C12H18N2O2. The second kappa shape index (κ2) is 3.63. The number of amides is 1. The van der Waals surface area contributed by atoms with Crippen LogP contribution in [0.3, 0.4) is 0 Å². The van der Waals surface area contributed by atoms with Crippen LogP contribution in [0.4, 0.5) is 0 Å². The summed E-state index contributed by atoms with van der Waals surface area (Å²) in [6, 6.07) is 3.65. The Morgan fingerprint density at radius 3 is 2.56 bits per heavy atom. The van der Waals surface area contributed by atoms with E-state index < -0.39 is 5.60 Å². The third-order valence-corrected chi connectivity index (χ3v) is 3.45. The molecule has 2 rings (SSSR count). The summed E-state index contributed by atoms with van der Waals surface area (Å²) in [5.74, 6) is 0.183. The highest BCUT2D eigenvalue weighted by Crippen LogP contribution is 2.29. The van der Waals surface area contributed by atoms with Crippen molar-refractivity contribution in [3.8, 4) is 0 Å². The van der Waals surface area contributed by atoms with Crippen molar-refractivity contribution in [2.75, 3.05) is 13.1 Å². The normalized spacial score (nSPS) is 18.7. The molecule has 0 bridgehead atoms. The molecule has 1 amide bonds. The van der Waals surface area contributed by atoms with Gasteiger partial charge in [0.05, 0.1) is 13.1 Å². The molecule has 4 heteroatoms. The van der Waals surface area contributed by atoms with E-state index in [9.17, 15) is 9.90 Å². The maximum atomic E-state index is 12.0. The lowest BCUT2D eigenvalue weighted by molar-refractivity contribution is -0.111. The number of aromatic nitrogens is 1. The number of rotatable bonds is 2. The van der Waals surface area contributed by atoms with Crippen molar-refractivity contribution in [3.05, 3.63) is 24.0 Å². The number of aliphatic hydroxyl groups is 1. The smallest absolute Gasteiger partial charge is 0.270 e. The van der Waals surface area contributed by atoms with E-state index in [2.05, 4.69) is 0 Å². The second-order valence-electron chi connectivity index (χ2n) is 4.92. The minimum absolute atomic E-state index is 0.00201. The average Bonchev–Trinajstić information content (AvgIpc) is 2.58. The quantitative estimate of drug-likeness (QED) is 0.807. The molecule has 4 nitrogen and oxygen atoms in total. The summed E-state index contributed by atoms with van der Waals surface area (Å²) in [5.41, 5.74) is -0.0216. The molecule has 1 aliphatic rings. The maximum Gasteiger partial charge on any atom is 0.270 e. The lowest BCUT2D eigenvalue weighted by Gasteiger charge is -2.48. The maximum absolute atomic E-state index is 12.0. The van der Waals surface area contributed by atoms with Gasteiger partial charge in [-0.1, -0.05) is 13.8 Å². The van der Waals surface area contributed by atoms with Gasteiger partial charge in [0.25, 0.3) is 5.91 Å². The van der Waals surface area contributed by atoms with Crippen LogP contribution < -0.4 is 0 Å². The summed E-state index contributed by atoms with van der Waals surface area (Å²) in [5, 5.41) is 10.1. The molecule has 1 saturated heterocycles. The number of hydrogen-bond acceptors (Lipinski definition) is 2. The van der Waals surface area contributed by atoms with Crippen LogP contribution in [0.5, 0.6) is 0 Å². The summed E-state index contributed by atoms with van der Waals surface area (Å²) >= 11 is 0. The average molecular weight is 222 g/mol. The standard InChI is InChI=1S/C12H18N2O2/c1-9(2)12(16)7-14(8-12)11(15)10-5-4-6-13(10)3/h4-6,9,16H,7-8H2,1-3H3. The predicted octanol–water partition coefficient (Wildman–Crippen LogP) is 0.868. The zero-order valence-corrected chi connectivity index (χ0v) is 9.97. The molecule has 2 heterocycles. The number of hydrogen-bond donors (Lipinski definition) is 1. The Balaban J connectivity index is 2.04. The van der Waals surface area contributed by atoms with E-state index in [1.807, 2.05) is 33.2 Å². The Bertz CT molecular complexity index is 403. The van der Waals surface area contributed by atoms with E-state index in [1.165, 1.54) is 0 Å². The summed E-state index contributed by atoms with van der Waals surface area (Å²) in [4.78, 5) is 13.7. The molecule has 0 spiro atoms. The Morgan fingerprint density at radius 2 is 2.12 bits per heavy atom. The molecule has 0 aromatic carbocycles. The molecule has 1 aromatic heterocycles. The first-order valence-corrected chi connectivity index (χ1v) is 5.57. The Labute approximate surface area is 95.5 Å². The molecule has 0 aliphatic carbocycles. The highest BCUT2D eigenvalue weighted by molar-refractivity contribution is 5.93. The third-order valence-electron chi connectivity index (χ3n) is 3.45. The van der Waals surface area contributed by atoms with Crippen LogP contribution in [0, 0.1) is 5.92 Å². The van der Waals surface area contributed by atoms with Gasteiger partial charge in [0.15, 0.2) is 0 Å². The molecule has 1 fully saturated rings. The molecule has 0 saturated carbocycles. The highest BCUT2D eigenvalue weighted by atomic mass is 16.3. The highest BCUT2D eigenvalue weighted by Gasteiger charge is 2.46. The summed E-state index contributed by atoms with van der Waals surface area (Å²) in [7, 11) is 1.85. The molecule has 88 valence electrons. The molecule has 0 radical (unpaired) electrons. The number of β-amino-alcohol motifs (C(OH)–C–C–N with tert-alkyl or cyclic N) is 1. The van der Waals surface area contributed by atoms with Crippen molar-refractivity contribution < 1.29 is 9.90 Å². The summed E-state index contributed by atoms with van der Waals surface area (Å²) in [6.45, 7) is 4.83. The van der Waals surface area contributed by atoms with Crippen LogP contribution in [-0.2, 0) is 7.05 Å². The number of aryl methyl sites for hydroxylation is 1. The van der Waals surface area contributed by atoms with Crippen molar-refractivity contribution in [3.63, 3.8) is 0 Å². The van der Waals surface area contributed by atoms with E-state index in [-0.39, 0.29) is 11.8 Å². The first kappa shape index (κ1) is 11.2. The lowest BCUT2D eigenvalue weighted by atomic mass is 9.83. The van der Waals surface area contributed by atoms with Crippen LogP contribution in [0.15, 0.2) is 18.3 Å². The van der Waals surface area contributed by atoms with Gasteiger partial charge in [-0.2, -0.15) is 0 Å². The third kappa shape index (κ3) is 1.63. The SMILES string of the molecule is CC(C)C1(O)CN(C(=O)c2cccn2C)C1. The van der Waals surface area contributed by atoms with Crippen molar-refractivity contribution in [2.45, 2.75) is 19.4 Å². The van der Waals surface area contributed by atoms with Gasteiger partial charge in [0.2, 0.25) is 0 Å². The Morgan fingerprint density at radius 1 is 1.50 bits per heavy atom. The van der Waals surface area contributed by atoms with Crippen molar-refractivity contribution in [1.29, 1.82) is 0 Å². The van der Waals surface area contributed by atoms with Gasteiger partial charge in [-0.25, -0.2) is 0 Å². The minimum atomic E-state index is -0.694. The van der Waals surface area contributed by atoms with Gasteiger partial charge in [0, 0.05) is 13.2 Å². The van der Waals surface area contributed by atoms with Crippen LogP contribution in [-0.4, -0.2) is 39.2 Å². The number of nitrogens with zero attached hydrogens (tertiary/aromatic N) is 2. The van der Waals surface area contributed by atoms with E-state index in [4.69, 9.17) is 0 Å². The fourth-order valence-corrected chi connectivity index (χ4v) is 1.97. The zero-order chi connectivity index (χ0) is 11.9. The van der Waals surface area contributed by atoms with Gasteiger partial charge >= 0.3 is 0 Å². The van der Waals surface area contributed by atoms with Crippen LogP contribution >= 0.6 is 0 Å².